The van der Waals surface area contributed by atoms with Gasteiger partial charge in [0.2, 0.25) is 0 Å². The predicted octanol–water partition coefficient (Wildman–Crippen LogP) is 2.30. The highest BCUT2D eigenvalue weighted by Crippen LogP contribution is 2.12. The largest absolute Gasteiger partial charge is 0.444 e. The van der Waals surface area contributed by atoms with Gasteiger partial charge in [0.05, 0.1) is 0 Å². The number of nitrogens with two attached hydrogens (primary N) is 1. The molecule has 3 nitrogen and oxygen atoms in total. The van der Waals surface area contributed by atoms with Crippen LogP contribution in [0.4, 0.5) is 4.79 Å². The minimum Gasteiger partial charge on any atom is -0.444 e. The van der Waals surface area contributed by atoms with Crippen LogP contribution in [-0.2, 0) is 4.74 Å². The van der Waals surface area contributed by atoms with Crippen molar-refractivity contribution in [1.29, 1.82) is 0 Å². The molecule has 68 valence electrons. The molecular formula is C8H19NO2. The van der Waals surface area contributed by atoms with Crippen LogP contribution in [0.5, 0.6) is 0 Å². The van der Waals surface area contributed by atoms with E-state index in [0.29, 0.717) is 0 Å². The van der Waals surface area contributed by atoms with E-state index in [4.69, 9.17) is 10.5 Å². The number of primary amides is 1. The van der Waals surface area contributed by atoms with Crippen LogP contribution in [-0.4, -0.2) is 11.7 Å². The standard InChI is InChI=1S/C6H13NO2.C2H6/c1-4-6(2,3)9-5(7)8;1-2/h4H2,1-3H3,(H2,7,8);1-2H3. The Balaban J connectivity index is 0. The summed E-state index contributed by atoms with van der Waals surface area (Å²) >= 11 is 0. The second-order valence-electron chi connectivity index (χ2n) is 2.53. The molecule has 0 saturated heterocycles. The Labute approximate surface area is 68.9 Å². The van der Waals surface area contributed by atoms with Crippen molar-refractivity contribution in [2.24, 2.45) is 5.73 Å². The van der Waals surface area contributed by atoms with Crippen LogP contribution in [0.15, 0.2) is 0 Å². The van der Waals surface area contributed by atoms with E-state index >= 15 is 0 Å². The molecule has 0 rings (SSSR count). The van der Waals surface area contributed by atoms with E-state index in [2.05, 4.69) is 0 Å². The molecule has 0 saturated carbocycles. The zero-order valence-corrected chi connectivity index (χ0v) is 8.10. The van der Waals surface area contributed by atoms with Gasteiger partial charge in [-0.2, -0.15) is 0 Å². The Morgan fingerprint density at radius 1 is 1.45 bits per heavy atom. The molecule has 0 heterocycles. The zero-order valence-electron chi connectivity index (χ0n) is 8.10. The van der Waals surface area contributed by atoms with E-state index in [9.17, 15) is 4.79 Å². The lowest BCUT2D eigenvalue weighted by molar-refractivity contribution is 0.0429. The minimum absolute atomic E-state index is 0.411. The Hall–Kier alpha value is -0.730. The first kappa shape index (κ1) is 12.9. The highest BCUT2D eigenvalue weighted by atomic mass is 16.6. The third kappa shape index (κ3) is 9.27. The normalized spacial score (nSPS) is 9.55. The number of carbonyl (C=O) groups excluding carboxylic acids is 1. The first-order valence-corrected chi connectivity index (χ1v) is 3.96. The molecule has 0 aliphatic heterocycles. The van der Waals surface area contributed by atoms with Gasteiger partial charge in [-0.25, -0.2) is 4.79 Å². The predicted molar refractivity (Wildman–Crippen MR) is 46.4 cm³/mol. The van der Waals surface area contributed by atoms with E-state index < -0.39 is 11.7 Å². The summed E-state index contributed by atoms with van der Waals surface area (Å²) in [5, 5.41) is 0. The first-order valence-electron chi connectivity index (χ1n) is 3.96. The average molecular weight is 161 g/mol. The van der Waals surface area contributed by atoms with Gasteiger partial charge in [-0.3, -0.25) is 0 Å². The van der Waals surface area contributed by atoms with E-state index in [-0.39, 0.29) is 0 Å². The molecule has 0 aliphatic carbocycles. The van der Waals surface area contributed by atoms with Crippen molar-refractivity contribution < 1.29 is 9.53 Å². The van der Waals surface area contributed by atoms with Gasteiger partial charge in [0.1, 0.15) is 5.60 Å². The number of hydrogen-bond acceptors (Lipinski definition) is 2. The van der Waals surface area contributed by atoms with Crippen LogP contribution < -0.4 is 5.73 Å². The smallest absolute Gasteiger partial charge is 0.405 e. The van der Waals surface area contributed by atoms with Gasteiger partial charge in [-0.15, -0.1) is 0 Å². The van der Waals surface area contributed by atoms with E-state index in [1.807, 2.05) is 34.6 Å². The van der Waals surface area contributed by atoms with Crippen molar-refractivity contribution in [3.63, 3.8) is 0 Å². The molecule has 3 heteroatoms. The summed E-state index contributed by atoms with van der Waals surface area (Å²) in [6, 6.07) is 0. The molecule has 1 amide bonds. The fourth-order valence-electron chi connectivity index (χ4n) is 0.344. The molecule has 0 aliphatic rings. The Bertz CT molecular complexity index is 111. The number of carbonyl (C=O) groups is 1. The van der Waals surface area contributed by atoms with E-state index in [1.165, 1.54) is 0 Å². The van der Waals surface area contributed by atoms with Crippen molar-refractivity contribution in [3.05, 3.63) is 0 Å². The van der Waals surface area contributed by atoms with E-state index in [0.717, 1.165) is 6.42 Å². The highest BCUT2D eigenvalue weighted by molar-refractivity contribution is 5.65. The molecule has 2 N–H and O–H groups in total. The maximum absolute atomic E-state index is 10.2. The molecule has 0 aromatic heterocycles. The average Bonchev–Trinajstić information content (AvgIpc) is 1.90. The molecule has 11 heavy (non-hydrogen) atoms. The van der Waals surface area contributed by atoms with Gasteiger partial charge >= 0.3 is 6.09 Å². The lowest BCUT2D eigenvalue weighted by Crippen LogP contribution is -2.30. The Kier molecular flexibility index (Phi) is 7.05. The Morgan fingerprint density at radius 2 is 1.82 bits per heavy atom. The van der Waals surface area contributed by atoms with Crippen LogP contribution in [0.3, 0.4) is 0 Å². The first-order chi connectivity index (χ1) is 4.98. The molecule has 0 aromatic rings. The zero-order chi connectivity index (χ0) is 9.49. The molecule has 0 fully saturated rings. The van der Waals surface area contributed by atoms with Crippen LogP contribution in [0, 0.1) is 0 Å². The van der Waals surface area contributed by atoms with Gasteiger partial charge in [0.25, 0.3) is 0 Å². The molecule has 0 radical (unpaired) electrons. The lowest BCUT2D eigenvalue weighted by atomic mass is 10.1. The van der Waals surface area contributed by atoms with Gasteiger partial charge in [-0.1, -0.05) is 20.8 Å². The fourth-order valence-corrected chi connectivity index (χ4v) is 0.344. The van der Waals surface area contributed by atoms with Gasteiger partial charge in [0.15, 0.2) is 0 Å². The molecular weight excluding hydrogens is 142 g/mol. The summed E-state index contributed by atoms with van der Waals surface area (Å²) < 4.78 is 4.73. The summed E-state index contributed by atoms with van der Waals surface area (Å²) in [5.74, 6) is 0. The molecule has 0 unspecified atom stereocenters. The number of ether oxygens (including phenoxy) is 1. The monoisotopic (exact) mass is 161 g/mol. The van der Waals surface area contributed by atoms with Crippen molar-refractivity contribution in [1.82, 2.24) is 0 Å². The van der Waals surface area contributed by atoms with Gasteiger partial charge in [0, 0.05) is 0 Å². The minimum atomic E-state index is -0.707. The fraction of sp³-hybridized carbons (Fsp3) is 0.875. The van der Waals surface area contributed by atoms with Gasteiger partial charge < -0.3 is 10.5 Å². The summed E-state index contributed by atoms with van der Waals surface area (Å²) in [7, 11) is 0. The molecule has 0 bridgehead atoms. The maximum atomic E-state index is 10.2. The summed E-state index contributed by atoms with van der Waals surface area (Å²) in [4.78, 5) is 10.2. The van der Waals surface area contributed by atoms with Crippen molar-refractivity contribution in [2.75, 3.05) is 0 Å². The maximum Gasteiger partial charge on any atom is 0.405 e. The molecule has 0 spiro atoms. The topological polar surface area (TPSA) is 52.3 Å². The quantitative estimate of drug-likeness (QED) is 0.675. The number of rotatable bonds is 2. The summed E-state index contributed by atoms with van der Waals surface area (Å²) in [5.41, 5.74) is 4.38. The van der Waals surface area contributed by atoms with Gasteiger partial charge in [-0.05, 0) is 20.3 Å². The van der Waals surface area contributed by atoms with Crippen molar-refractivity contribution in [2.45, 2.75) is 46.6 Å². The number of hydrogen-bond donors (Lipinski definition) is 1. The van der Waals surface area contributed by atoms with Crippen molar-refractivity contribution >= 4 is 6.09 Å². The third-order valence-corrected chi connectivity index (χ3v) is 1.23. The number of amides is 1. The van der Waals surface area contributed by atoms with E-state index in [1.54, 1.807) is 0 Å². The molecule has 0 atom stereocenters. The summed E-state index contributed by atoms with van der Waals surface area (Å²) in [6.07, 6.45) is 0.0671. The van der Waals surface area contributed by atoms with Crippen LogP contribution >= 0.6 is 0 Å². The molecule has 0 aromatic carbocycles. The lowest BCUT2D eigenvalue weighted by Gasteiger charge is -2.21. The highest BCUT2D eigenvalue weighted by Gasteiger charge is 2.17. The van der Waals surface area contributed by atoms with Crippen LogP contribution in [0.25, 0.3) is 0 Å². The van der Waals surface area contributed by atoms with Crippen molar-refractivity contribution in [3.8, 4) is 0 Å². The second kappa shape index (κ2) is 6.01. The second-order valence-corrected chi connectivity index (χ2v) is 2.53. The third-order valence-electron chi connectivity index (χ3n) is 1.23. The SMILES string of the molecule is CC.CCC(C)(C)OC(N)=O. The van der Waals surface area contributed by atoms with Crippen LogP contribution in [0.2, 0.25) is 0 Å². The Morgan fingerprint density at radius 3 is 1.91 bits per heavy atom. The summed E-state index contributed by atoms with van der Waals surface area (Å²) in [6.45, 7) is 9.57. The van der Waals surface area contributed by atoms with Crippen LogP contribution in [0.1, 0.15) is 41.0 Å².